The SMILES string of the molecule is Cc1nnc(C(=O)NCCC(=O)O)o1. The number of carbonyl (C=O) groups excluding carboxylic acids is 1. The molecule has 1 heterocycles. The summed E-state index contributed by atoms with van der Waals surface area (Å²) < 4.78 is 4.82. The zero-order chi connectivity index (χ0) is 10.6. The van der Waals surface area contributed by atoms with Gasteiger partial charge in [-0.1, -0.05) is 0 Å². The second-order valence-corrected chi connectivity index (χ2v) is 2.53. The van der Waals surface area contributed by atoms with E-state index in [4.69, 9.17) is 9.52 Å². The summed E-state index contributed by atoms with van der Waals surface area (Å²) in [5.41, 5.74) is 0. The van der Waals surface area contributed by atoms with Crippen molar-refractivity contribution in [3.05, 3.63) is 11.8 Å². The summed E-state index contributed by atoms with van der Waals surface area (Å²) in [6, 6.07) is 0. The van der Waals surface area contributed by atoms with E-state index in [2.05, 4.69) is 15.5 Å². The number of carboxylic acid groups (broad SMARTS) is 1. The largest absolute Gasteiger partial charge is 0.481 e. The summed E-state index contributed by atoms with van der Waals surface area (Å²) in [6.45, 7) is 1.59. The van der Waals surface area contributed by atoms with Crippen LogP contribution in [0.15, 0.2) is 4.42 Å². The predicted molar refractivity (Wildman–Crippen MR) is 43.6 cm³/mol. The van der Waals surface area contributed by atoms with Gasteiger partial charge in [-0.15, -0.1) is 10.2 Å². The van der Waals surface area contributed by atoms with Gasteiger partial charge < -0.3 is 14.8 Å². The standard InChI is InChI=1S/C7H9N3O4/c1-4-9-10-7(14-4)6(13)8-3-2-5(11)12/h2-3H2,1H3,(H,8,13)(H,11,12). The molecular formula is C7H9N3O4. The molecule has 1 amide bonds. The number of carbonyl (C=O) groups is 2. The van der Waals surface area contributed by atoms with Gasteiger partial charge in [0.15, 0.2) is 0 Å². The van der Waals surface area contributed by atoms with Crippen molar-refractivity contribution in [2.24, 2.45) is 0 Å². The van der Waals surface area contributed by atoms with Crippen LogP contribution in [-0.4, -0.2) is 33.7 Å². The van der Waals surface area contributed by atoms with Crippen molar-refractivity contribution in [2.45, 2.75) is 13.3 Å². The zero-order valence-corrected chi connectivity index (χ0v) is 7.48. The first kappa shape index (κ1) is 10.2. The molecule has 1 rings (SSSR count). The number of hydrogen-bond donors (Lipinski definition) is 2. The molecule has 1 aromatic heterocycles. The Bertz CT molecular complexity index is 346. The van der Waals surface area contributed by atoms with Crippen molar-refractivity contribution in [3.8, 4) is 0 Å². The lowest BCUT2D eigenvalue weighted by Gasteiger charge is -1.97. The van der Waals surface area contributed by atoms with Crippen LogP contribution in [0, 0.1) is 6.92 Å². The van der Waals surface area contributed by atoms with Crippen LogP contribution in [0.2, 0.25) is 0 Å². The molecule has 0 radical (unpaired) electrons. The minimum Gasteiger partial charge on any atom is -0.481 e. The number of aryl methyl sites for hydroxylation is 1. The van der Waals surface area contributed by atoms with E-state index in [-0.39, 0.29) is 24.7 Å². The number of carboxylic acids is 1. The van der Waals surface area contributed by atoms with Gasteiger partial charge in [-0.2, -0.15) is 0 Å². The van der Waals surface area contributed by atoms with Crippen molar-refractivity contribution in [1.29, 1.82) is 0 Å². The lowest BCUT2D eigenvalue weighted by molar-refractivity contribution is -0.136. The highest BCUT2D eigenvalue weighted by atomic mass is 16.4. The van der Waals surface area contributed by atoms with Gasteiger partial charge in [0.1, 0.15) is 0 Å². The molecule has 7 nitrogen and oxygen atoms in total. The van der Waals surface area contributed by atoms with Crippen molar-refractivity contribution < 1.29 is 19.1 Å². The molecular weight excluding hydrogens is 190 g/mol. The Morgan fingerprint density at radius 1 is 1.50 bits per heavy atom. The molecule has 1 aromatic rings. The Balaban J connectivity index is 2.39. The second-order valence-electron chi connectivity index (χ2n) is 2.53. The maximum atomic E-state index is 11.1. The van der Waals surface area contributed by atoms with E-state index in [9.17, 15) is 9.59 Å². The van der Waals surface area contributed by atoms with Crippen molar-refractivity contribution >= 4 is 11.9 Å². The van der Waals surface area contributed by atoms with Crippen molar-refractivity contribution in [1.82, 2.24) is 15.5 Å². The van der Waals surface area contributed by atoms with E-state index in [1.54, 1.807) is 6.92 Å². The zero-order valence-electron chi connectivity index (χ0n) is 7.48. The Hall–Kier alpha value is -1.92. The van der Waals surface area contributed by atoms with Crippen LogP contribution in [-0.2, 0) is 4.79 Å². The fraction of sp³-hybridized carbons (Fsp3) is 0.429. The Kier molecular flexibility index (Phi) is 3.16. The first-order valence-corrected chi connectivity index (χ1v) is 3.89. The average Bonchev–Trinajstić information content (AvgIpc) is 2.51. The van der Waals surface area contributed by atoms with Crippen molar-refractivity contribution in [3.63, 3.8) is 0 Å². The van der Waals surface area contributed by atoms with Crippen LogP contribution >= 0.6 is 0 Å². The van der Waals surface area contributed by atoms with Crippen LogP contribution in [0.4, 0.5) is 0 Å². The number of rotatable bonds is 4. The van der Waals surface area contributed by atoms with E-state index in [1.165, 1.54) is 0 Å². The number of aromatic nitrogens is 2. The van der Waals surface area contributed by atoms with Gasteiger partial charge in [0.05, 0.1) is 6.42 Å². The highest BCUT2D eigenvalue weighted by Crippen LogP contribution is 1.96. The quantitative estimate of drug-likeness (QED) is 0.682. The Morgan fingerprint density at radius 2 is 2.21 bits per heavy atom. The maximum absolute atomic E-state index is 11.1. The Morgan fingerprint density at radius 3 is 2.71 bits per heavy atom. The molecule has 0 saturated carbocycles. The summed E-state index contributed by atoms with van der Waals surface area (Å²) in [5, 5.41) is 17.6. The molecule has 14 heavy (non-hydrogen) atoms. The fourth-order valence-electron chi connectivity index (χ4n) is 0.747. The van der Waals surface area contributed by atoms with Crippen LogP contribution in [0.1, 0.15) is 23.0 Å². The smallest absolute Gasteiger partial charge is 0.308 e. The lowest BCUT2D eigenvalue weighted by atomic mass is 10.4. The molecule has 0 spiro atoms. The van der Waals surface area contributed by atoms with Gasteiger partial charge >= 0.3 is 17.8 Å². The molecule has 0 aliphatic heterocycles. The third-order valence-corrected chi connectivity index (χ3v) is 1.34. The number of aliphatic carboxylic acids is 1. The van der Waals surface area contributed by atoms with E-state index in [1.807, 2.05) is 0 Å². The summed E-state index contributed by atoms with van der Waals surface area (Å²) in [5.74, 6) is -1.42. The maximum Gasteiger partial charge on any atom is 0.308 e. The average molecular weight is 199 g/mol. The first-order chi connectivity index (χ1) is 6.59. The van der Waals surface area contributed by atoms with Crippen LogP contribution < -0.4 is 5.32 Å². The number of nitrogens with zero attached hydrogens (tertiary/aromatic N) is 2. The summed E-state index contributed by atoms with van der Waals surface area (Å²) in [7, 11) is 0. The third kappa shape index (κ3) is 2.85. The van der Waals surface area contributed by atoms with Crippen LogP contribution in [0.3, 0.4) is 0 Å². The minimum absolute atomic E-state index is 0.0373. The summed E-state index contributed by atoms with van der Waals surface area (Å²) >= 11 is 0. The van der Waals surface area contributed by atoms with Crippen molar-refractivity contribution in [2.75, 3.05) is 6.54 Å². The molecule has 76 valence electrons. The molecule has 0 aromatic carbocycles. The van der Waals surface area contributed by atoms with E-state index < -0.39 is 11.9 Å². The second kappa shape index (κ2) is 4.35. The van der Waals surface area contributed by atoms with Crippen LogP contribution in [0.25, 0.3) is 0 Å². The summed E-state index contributed by atoms with van der Waals surface area (Å²) in [4.78, 5) is 21.3. The predicted octanol–water partition coefficient (Wildman–Crippen LogP) is -0.417. The minimum atomic E-state index is -0.980. The lowest BCUT2D eigenvalue weighted by Crippen LogP contribution is -2.26. The number of nitrogens with one attached hydrogen (secondary N) is 1. The van der Waals surface area contributed by atoms with Gasteiger partial charge in [0.25, 0.3) is 0 Å². The molecule has 0 atom stereocenters. The van der Waals surface area contributed by atoms with Gasteiger partial charge in [-0.05, 0) is 0 Å². The monoisotopic (exact) mass is 199 g/mol. The fourth-order valence-corrected chi connectivity index (χ4v) is 0.747. The van der Waals surface area contributed by atoms with Gasteiger partial charge in [-0.3, -0.25) is 9.59 Å². The van der Waals surface area contributed by atoms with E-state index >= 15 is 0 Å². The van der Waals surface area contributed by atoms with Gasteiger partial charge in [0, 0.05) is 13.5 Å². The third-order valence-electron chi connectivity index (χ3n) is 1.34. The highest BCUT2D eigenvalue weighted by Gasteiger charge is 2.12. The molecule has 0 aliphatic carbocycles. The molecule has 0 bridgehead atoms. The molecule has 0 unspecified atom stereocenters. The number of amides is 1. The highest BCUT2D eigenvalue weighted by molar-refractivity contribution is 5.89. The Labute approximate surface area is 79.1 Å². The molecule has 0 aliphatic rings. The van der Waals surface area contributed by atoms with Gasteiger partial charge in [0.2, 0.25) is 5.89 Å². The molecule has 0 saturated heterocycles. The molecule has 2 N–H and O–H groups in total. The normalized spacial score (nSPS) is 9.79. The number of hydrogen-bond acceptors (Lipinski definition) is 5. The molecule has 0 fully saturated rings. The summed E-state index contributed by atoms with van der Waals surface area (Å²) in [6.07, 6.45) is -0.140. The van der Waals surface area contributed by atoms with Crippen LogP contribution in [0.5, 0.6) is 0 Å². The topological polar surface area (TPSA) is 105 Å². The molecule has 7 heteroatoms. The van der Waals surface area contributed by atoms with E-state index in [0.29, 0.717) is 0 Å². The first-order valence-electron chi connectivity index (χ1n) is 3.89. The van der Waals surface area contributed by atoms with Gasteiger partial charge in [-0.25, -0.2) is 0 Å². The van der Waals surface area contributed by atoms with E-state index in [0.717, 1.165) is 0 Å².